The molecule has 0 radical (unpaired) electrons. The fourth-order valence-electron chi connectivity index (χ4n) is 1.58. The number of methoxy groups -OCH3 is 1. The number of ether oxygens (including phenoxy) is 2. The molecule has 2 aromatic rings. The van der Waals surface area contributed by atoms with Crippen molar-refractivity contribution in [1.82, 2.24) is 0 Å². The lowest BCUT2D eigenvalue weighted by Gasteiger charge is -2.07. The minimum absolute atomic E-state index is 0.450. The van der Waals surface area contributed by atoms with E-state index in [4.69, 9.17) is 14.7 Å². The maximum absolute atomic E-state index is 8.79. The van der Waals surface area contributed by atoms with Crippen LogP contribution in [-0.2, 0) is 6.61 Å². The van der Waals surface area contributed by atoms with Crippen molar-refractivity contribution in [3.8, 4) is 17.6 Å². The Bertz CT molecular complexity index is 573. The summed E-state index contributed by atoms with van der Waals surface area (Å²) in [6.07, 6.45) is 0. The molecule has 0 saturated carbocycles. The number of benzene rings is 2. The third-order valence-electron chi connectivity index (χ3n) is 2.50. The van der Waals surface area contributed by atoms with Gasteiger partial charge in [0.1, 0.15) is 18.1 Å². The second-order valence-electron chi connectivity index (χ2n) is 3.78. The number of hydrogen-bond donors (Lipinski definition) is 0. The molecule has 0 atom stereocenters. The summed E-state index contributed by atoms with van der Waals surface area (Å²) in [6, 6.07) is 16.9. The van der Waals surface area contributed by atoms with E-state index in [9.17, 15) is 0 Å². The monoisotopic (exact) mass is 239 g/mol. The van der Waals surface area contributed by atoms with Gasteiger partial charge in [0.25, 0.3) is 0 Å². The van der Waals surface area contributed by atoms with Gasteiger partial charge in [-0.3, -0.25) is 0 Å². The molecule has 3 nitrogen and oxygen atoms in total. The first-order chi connectivity index (χ1) is 8.81. The number of rotatable bonds is 4. The highest BCUT2D eigenvalue weighted by Crippen LogP contribution is 2.17. The third kappa shape index (κ3) is 3.02. The molecule has 18 heavy (non-hydrogen) atoms. The number of hydrogen-bond acceptors (Lipinski definition) is 3. The molecule has 0 aromatic heterocycles. The average Bonchev–Trinajstić information content (AvgIpc) is 2.45. The molecular formula is C15H13NO2. The summed E-state index contributed by atoms with van der Waals surface area (Å²) in [5.74, 6) is 1.50. The van der Waals surface area contributed by atoms with Crippen molar-refractivity contribution < 1.29 is 9.47 Å². The van der Waals surface area contributed by atoms with Crippen LogP contribution in [-0.4, -0.2) is 7.11 Å². The highest BCUT2D eigenvalue weighted by molar-refractivity contribution is 5.36. The molecular weight excluding hydrogens is 226 g/mol. The summed E-state index contributed by atoms with van der Waals surface area (Å²) in [6.45, 7) is 0.450. The maximum Gasteiger partial charge on any atom is 0.121 e. The fraction of sp³-hybridized carbons (Fsp3) is 0.133. The Hall–Kier alpha value is -2.47. The van der Waals surface area contributed by atoms with Gasteiger partial charge in [0.15, 0.2) is 0 Å². The molecule has 0 spiro atoms. The van der Waals surface area contributed by atoms with Gasteiger partial charge in [0, 0.05) is 0 Å². The molecule has 0 saturated heterocycles. The Morgan fingerprint density at radius 3 is 2.61 bits per heavy atom. The maximum atomic E-state index is 8.79. The molecule has 0 aliphatic rings. The normalized spacial score (nSPS) is 9.56. The van der Waals surface area contributed by atoms with Gasteiger partial charge in [-0.25, -0.2) is 0 Å². The molecule has 2 rings (SSSR count). The molecule has 90 valence electrons. The molecule has 0 heterocycles. The van der Waals surface area contributed by atoms with E-state index >= 15 is 0 Å². The molecule has 3 heteroatoms. The van der Waals surface area contributed by atoms with Gasteiger partial charge in [-0.2, -0.15) is 5.26 Å². The third-order valence-corrected chi connectivity index (χ3v) is 2.50. The highest BCUT2D eigenvalue weighted by atomic mass is 16.5. The van der Waals surface area contributed by atoms with Crippen molar-refractivity contribution in [2.75, 3.05) is 7.11 Å². The fourth-order valence-corrected chi connectivity index (χ4v) is 1.58. The zero-order valence-electron chi connectivity index (χ0n) is 10.1. The Balaban J connectivity index is 2.04. The van der Waals surface area contributed by atoms with Crippen LogP contribution in [0.15, 0.2) is 48.5 Å². The van der Waals surface area contributed by atoms with Crippen molar-refractivity contribution in [1.29, 1.82) is 5.26 Å². The molecule has 0 N–H and O–H groups in total. The first kappa shape index (κ1) is 12.0. The predicted molar refractivity (Wildman–Crippen MR) is 68.5 cm³/mol. The number of nitriles is 1. The standard InChI is InChI=1S/C15H13NO2/c1-17-14-6-3-5-13(9-14)11-18-15-7-2-4-12(8-15)10-16/h2-9H,11H2,1H3. The van der Waals surface area contributed by atoms with Crippen molar-refractivity contribution in [3.05, 3.63) is 59.7 Å². The van der Waals surface area contributed by atoms with Crippen LogP contribution < -0.4 is 9.47 Å². The largest absolute Gasteiger partial charge is 0.497 e. The Kier molecular flexibility index (Phi) is 3.83. The summed E-state index contributed by atoms with van der Waals surface area (Å²) in [4.78, 5) is 0. The van der Waals surface area contributed by atoms with Crippen molar-refractivity contribution in [3.63, 3.8) is 0 Å². The zero-order chi connectivity index (χ0) is 12.8. The molecule has 2 aromatic carbocycles. The van der Waals surface area contributed by atoms with E-state index < -0.39 is 0 Å². The summed E-state index contributed by atoms with van der Waals surface area (Å²) in [5, 5.41) is 8.79. The van der Waals surface area contributed by atoms with Crippen LogP contribution >= 0.6 is 0 Å². The first-order valence-electron chi connectivity index (χ1n) is 5.58. The van der Waals surface area contributed by atoms with Crippen LogP contribution in [0.2, 0.25) is 0 Å². The van der Waals surface area contributed by atoms with Gasteiger partial charge >= 0.3 is 0 Å². The average molecular weight is 239 g/mol. The smallest absolute Gasteiger partial charge is 0.121 e. The van der Waals surface area contributed by atoms with Gasteiger partial charge in [-0.05, 0) is 35.9 Å². The van der Waals surface area contributed by atoms with E-state index in [-0.39, 0.29) is 0 Å². The number of nitrogens with zero attached hydrogens (tertiary/aromatic N) is 1. The Labute approximate surface area is 106 Å². The molecule has 0 amide bonds. The minimum atomic E-state index is 0.450. The molecule has 0 bridgehead atoms. The molecule has 0 fully saturated rings. The Morgan fingerprint density at radius 2 is 1.83 bits per heavy atom. The van der Waals surface area contributed by atoms with Crippen molar-refractivity contribution in [2.45, 2.75) is 6.61 Å². The van der Waals surface area contributed by atoms with Gasteiger partial charge in [-0.1, -0.05) is 18.2 Å². The van der Waals surface area contributed by atoms with E-state index in [2.05, 4.69) is 6.07 Å². The molecule has 0 unspecified atom stereocenters. The van der Waals surface area contributed by atoms with Crippen LogP contribution in [0, 0.1) is 11.3 Å². The van der Waals surface area contributed by atoms with E-state index in [1.165, 1.54) is 0 Å². The summed E-state index contributed by atoms with van der Waals surface area (Å²) in [7, 11) is 1.64. The second-order valence-corrected chi connectivity index (χ2v) is 3.78. The van der Waals surface area contributed by atoms with E-state index in [0.717, 1.165) is 11.3 Å². The van der Waals surface area contributed by atoms with Gasteiger partial charge in [-0.15, -0.1) is 0 Å². The van der Waals surface area contributed by atoms with E-state index in [1.54, 1.807) is 25.3 Å². The van der Waals surface area contributed by atoms with Crippen LogP contribution in [0.5, 0.6) is 11.5 Å². The lowest BCUT2D eigenvalue weighted by molar-refractivity contribution is 0.305. The quantitative estimate of drug-likeness (QED) is 0.823. The van der Waals surface area contributed by atoms with E-state index in [0.29, 0.717) is 17.9 Å². The van der Waals surface area contributed by atoms with Crippen LogP contribution in [0.4, 0.5) is 0 Å². The summed E-state index contributed by atoms with van der Waals surface area (Å²) >= 11 is 0. The summed E-state index contributed by atoms with van der Waals surface area (Å²) < 4.78 is 10.8. The van der Waals surface area contributed by atoms with Gasteiger partial charge in [0.2, 0.25) is 0 Å². The van der Waals surface area contributed by atoms with Crippen molar-refractivity contribution >= 4 is 0 Å². The second kappa shape index (κ2) is 5.74. The van der Waals surface area contributed by atoms with E-state index in [1.807, 2.05) is 30.3 Å². The van der Waals surface area contributed by atoms with Crippen molar-refractivity contribution in [2.24, 2.45) is 0 Å². The minimum Gasteiger partial charge on any atom is -0.497 e. The first-order valence-corrected chi connectivity index (χ1v) is 5.58. The van der Waals surface area contributed by atoms with Crippen LogP contribution in [0.25, 0.3) is 0 Å². The molecule has 0 aliphatic heterocycles. The van der Waals surface area contributed by atoms with Gasteiger partial charge < -0.3 is 9.47 Å². The van der Waals surface area contributed by atoms with Gasteiger partial charge in [0.05, 0.1) is 18.7 Å². The van der Waals surface area contributed by atoms with Crippen LogP contribution in [0.3, 0.4) is 0 Å². The predicted octanol–water partition coefficient (Wildman–Crippen LogP) is 3.15. The Morgan fingerprint density at radius 1 is 1.06 bits per heavy atom. The summed E-state index contributed by atoms with van der Waals surface area (Å²) in [5.41, 5.74) is 1.62. The lowest BCUT2D eigenvalue weighted by Crippen LogP contribution is -1.96. The SMILES string of the molecule is COc1cccc(COc2cccc(C#N)c2)c1. The zero-order valence-corrected chi connectivity index (χ0v) is 10.1. The highest BCUT2D eigenvalue weighted by Gasteiger charge is 1.99. The molecule has 0 aliphatic carbocycles. The topological polar surface area (TPSA) is 42.2 Å². The lowest BCUT2D eigenvalue weighted by atomic mass is 10.2. The van der Waals surface area contributed by atoms with Crippen LogP contribution in [0.1, 0.15) is 11.1 Å².